The minimum absolute atomic E-state index is 0.00683. The summed E-state index contributed by atoms with van der Waals surface area (Å²) in [5.74, 6) is -1.36. The van der Waals surface area contributed by atoms with Gasteiger partial charge in [0.15, 0.2) is 6.10 Å². The van der Waals surface area contributed by atoms with Crippen molar-refractivity contribution in [3.63, 3.8) is 0 Å². The van der Waals surface area contributed by atoms with Crippen LogP contribution < -0.4 is 0 Å². The van der Waals surface area contributed by atoms with Gasteiger partial charge in [-0.25, -0.2) is 13.7 Å². The molecule has 0 heterocycles. The molecule has 1 aliphatic carbocycles. The SMILES string of the molecule is CCCCCCC=CCCCCCCCCCC(=O)O[C@H](COC(=O)CCCC=CCC=CCC=CCCCCCCCC)COP(=O)(O)O[C@H]1C(O)C(O)C(OP(=O)(O)O)[C@@H](OP(=O)(O)O)C1O. The number of carbonyl (C=O) groups is 2. The lowest BCUT2D eigenvalue weighted by Crippen LogP contribution is -2.65. The van der Waals surface area contributed by atoms with Crippen molar-refractivity contribution >= 4 is 35.4 Å². The number of ether oxygens (including phenoxy) is 2. The molecule has 0 aliphatic heterocycles. The lowest BCUT2D eigenvalue weighted by Gasteiger charge is -2.44. The second kappa shape index (κ2) is 38.7. The molecular weight excluding hydrogens is 961 g/mol. The van der Waals surface area contributed by atoms with Crippen LogP contribution in [0.4, 0.5) is 0 Å². The van der Waals surface area contributed by atoms with E-state index in [0.29, 0.717) is 19.3 Å². The van der Waals surface area contributed by atoms with Gasteiger partial charge in [-0.05, 0) is 70.6 Å². The number of carbonyl (C=O) groups excluding carboxylic acids is 2. The Bertz CT molecular complexity index is 1630. The summed E-state index contributed by atoms with van der Waals surface area (Å²) in [7, 11) is -16.6. The Morgan fingerprint density at radius 1 is 0.464 bits per heavy atom. The van der Waals surface area contributed by atoms with E-state index in [1.54, 1.807) is 0 Å². The van der Waals surface area contributed by atoms with Gasteiger partial charge in [-0.3, -0.25) is 27.7 Å². The van der Waals surface area contributed by atoms with Crippen molar-refractivity contribution in [3.05, 3.63) is 48.6 Å². The van der Waals surface area contributed by atoms with Gasteiger partial charge < -0.3 is 49.3 Å². The number of allylic oxidation sites excluding steroid dienone is 8. The molecule has 0 aromatic rings. The highest BCUT2D eigenvalue weighted by Crippen LogP contribution is 2.51. The molecule has 0 bridgehead atoms. The van der Waals surface area contributed by atoms with E-state index in [1.807, 2.05) is 12.2 Å². The Hall–Kier alpha value is -1.89. The van der Waals surface area contributed by atoms with Crippen LogP contribution >= 0.6 is 23.5 Å². The number of phosphoric acid groups is 3. The zero-order valence-corrected chi connectivity index (χ0v) is 43.6. The van der Waals surface area contributed by atoms with E-state index in [2.05, 4.69) is 59.4 Å². The molecule has 1 rings (SSSR count). The van der Waals surface area contributed by atoms with Crippen molar-refractivity contribution in [2.75, 3.05) is 13.2 Å². The molecule has 19 nitrogen and oxygen atoms in total. The molecule has 8 N–H and O–H groups in total. The summed E-state index contributed by atoms with van der Waals surface area (Å²) < 4.78 is 65.5. The van der Waals surface area contributed by atoms with E-state index in [4.69, 9.17) is 18.5 Å². The first-order valence-corrected chi connectivity index (χ1v) is 29.5. The summed E-state index contributed by atoms with van der Waals surface area (Å²) in [5, 5.41) is 31.9. The van der Waals surface area contributed by atoms with Crippen molar-refractivity contribution in [2.45, 2.75) is 224 Å². The summed E-state index contributed by atoms with van der Waals surface area (Å²) in [6, 6.07) is 0. The first-order chi connectivity index (χ1) is 32.8. The van der Waals surface area contributed by atoms with Crippen LogP contribution in [0.1, 0.15) is 181 Å². The van der Waals surface area contributed by atoms with Gasteiger partial charge in [0.2, 0.25) is 0 Å². The summed E-state index contributed by atoms with van der Waals surface area (Å²) in [5.41, 5.74) is 0. The normalized spacial score (nSPS) is 21.7. The van der Waals surface area contributed by atoms with Crippen LogP contribution in [0.15, 0.2) is 48.6 Å². The lowest BCUT2D eigenvalue weighted by molar-refractivity contribution is -0.213. The number of aliphatic hydroxyl groups is 3. The Kier molecular flexibility index (Phi) is 36.5. The van der Waals surface area contributed by atoms with Crippen LogP contribution in [0.5, 0.6) is 0 Å². The molecule has 22 heteroatoms. The zero-order chi connectivity index (χ0) is 51.4. The molecular formula is C47H85O19P3. The maximum Gasteiger partial charge on any atom is 0.472 e. The predicted molar refractivity (Wildman–Crippen MR) is 261 cm³/mol. The Morgan fingerprint density at radius 2 is 0.855 bits per heavy atom. The van der Waals surface area contributed by atoms with Gasteiger partial charge in [-0.15, -0.1) is 0 Å². The minimum Gasteiger partial charge on any atom is -0.462 e. The van der Waals surface area contributed by atoms with E-state index in [9.17, 15) is 63.1 Å². The van der Waals surface area contributed by atoms with Crippen LogP contribution in [0.3, 0.4) is 0 Å². The van der Waals surface area contributed by atoms with Crippen molar-refractivity contribution in [1.29, 1.82) is 0 Å². The maximum atomic E-state index is 13.1. The molecule has 69 heavy (non-hydrogen) atoms. The molecule has 0 saturated heterocycles. The van der Waals surface area contributed by atoms with Gasteiger partial charge in [0.05, 0.1) is 6.61 Å². The van der Waals surface area contributed by atoms with Crippen molar-refractivity contribution in [2.24, 2.45) is 0 Å². The number of hydrogen-bond acceptors (Lipinski definition) is 14. The van der Waals surface area contributed by atoms with Crippen molar-refractivity contribution < 1.29 is 90.6 Å². The third kappa shape index (κ3) is 35.0. The lowest BCUT2D eigenvalue weighted by atomic mass is 9.85. The Balaban J connectivity index is 2.75. The van der Waals surface area contributed by atoms with E-state index >= 15 is 0 Å². The molecule has 402 valence electrons. The minimum atomic E-state index is -5.61. The van der Waals surface area contributed by atoms with Gasteiger partial charge in [0, 0.05) is 12.8 Å². The summed E-state index contributed by atoms with van der Waals surface area (Å²) in [4.78, 5) is 73.2. The van der Waals surface area contributed by atoms with Gasteiger partial charge >= 0.3 is 35.4 Å². The third-order valence-electron chi connectivity index (χ3n) is 11.1. The van der Waals surface area contributed by atoms with Gasteiger partial charge in [0.25, 0.3) is 0 Å². The predicted octanol–water partition coefficient (Wildman–Crippen LogP) is 9.40. The quantitative estimate of drug-likeness (QED) is 0.0122. The third-order valence-corrected chi connectivity index (χ3v) is 13.1. The fraction of sp³-hybridized carbons (Fsp3) is 0.787. The molecule has 5 unspecified atom stereocenters. The van der Waals surface area contributed by atoms with Crippen LogP contribution in [-0.2, 0) is 50.9 Å². The number of rotatable bonds is 42. The maximum absolute atomic E-state index is 13.1. The number of esters is 2. The van der Waals surface area contributed by atoms with Crippen LogP contribution in [0.2, 0.25) is 0 Å². The highest BCUT2D eigenvalue weighted by Gasteiger charge is 2.56. The van der Waals surface area contributed by atoms with E-state index in [-0.39, 0.29) is 12.8 Å². The molecule has 0 amide bonds. The molecule has 0 aromatic heterocycles. The van der Waals surface area contributed by atoms with Crippen molar-refractivity contribution in [3.8, 4) is 0 Å². The van der Waals surface area contributed by atoms with Gasteiger partial charge in [-0.2, -0.15) is 0 Å². The Morgan fingerprint density at radius 3 is 1.36 bits per heavy atom. The van der Waals surface area contributed by atoms with Crippen LogP contribution in [0.25, 0.3) is 0 Å². The molecule has 1 saturated carbocycles. The highest BCUT2D eigenvalue weighted by atomic mass is 31.2. The van der Waals surface area contributed by atoms with Crippen LogP contribution in [-0.4, -0.2) is 108 Å². The largest absolute Gasteiger partial charge is 0.472 e. The molecule has 0 radical (unpaired) electrons. The molecule has 0 aromatic carbocycles. The summed E-state index contributed by atoms with van der Waals surface area (Å²) in [6.07, 6.45) is 25.6. The number of hydrogen-bond donors (Lipinski definition) is 8. The number of aliphatic hydroxyl groups excluding tert-OH is 3. The second-order valence-electron chi connectivity index (χ2n) is 17.4. The Labute approximate surface area is 410 Å². The number of phosphoric ester groups is 3. The smallest absolute Gasteiger partial charge is 0.462 e. The van der Waals surface area contributed by atoms with E-state index in [1.165, 1.54) is 64.2 Å². The first-order valence-electron chi connectivity index (χ1n) is 24.9. The van der Waals surface area contributed by atoms with E-state index in [0.717, 1.165) is 70.6 Å². The number of unbranched alkanes of at least 4 members (excludes halogenated alkanes) is 18. The average molecular weight is 1050 g/mol. The summed E-state index contributed by atoms with van der Waals surface area (Å²) in [6.45, 7) is 2.89. The molecule has 8 atom stereocenters. The fourth-order valence-corrected chi connectivity index (χ4v) is 9.45. The molecule has 1 fully saturated rings. The molecule has 0 spiro atoms. The molecule has 1 aliphatic rings. The van der Waals surface area contributed by atoms with Crippen molar-refractivity contribution in [1.82, 2.24) is 0 Å². The standard InChI is InChI=1S/C47H85O19P3/c1-3-5-7-9-11-13-15-17-19-20-22-23-25-27-29-31-33-35-40(48)61-37-39(63-41(49)36-34-32-30-28-26-24-21-18-16-14-12-10-8-6-4-2)38-62-69(59,60)66-45-42(50)43(51)46(64-67(53,54)55)47(44(45)52)65-68(56,57)58/h14,16-17,19,22-23,27,29,39,42-47,50-52H,3-13,15,18,20-21,24-26,28,30-38H2,1-2H3,(H,59,60)(H2,53,54,55)(H2,56,57,58)/t39-,42?,43?,44?,45+,46?,47+/m1/s1. The van der Waals surface area contributed by atoms with E-state index < -0.39 is 91.3 Å². The van der Waals surface area contributed by atoms with Gasteiger partial charge in [-0.1, -0.05) is 146 Å². The van der Waals surface area contributed by atoms with Gasteiger partial charge in [0.1, 0.15) is 43.2 Å². The zero-order valence-electron chi connectivity index (χ0n) is 40.9. The highest BCUT2D eigenvalue weighted by molar-refractivity contribution is 7.47. The topological polar surface area (TPSA) is 303 Å². The monoisotopic (exact) mass is 1050 g/mol. The average Bonchev–Trinajstić information content (AvgIpc) is 3.28. The second-order valence-corrected chi connectivity index (χ2v) is 21.2. The van der Waals surface area contributed by atoms with Crippen LogP contribution in [0, 0.1) is 0 Å². The fourth-order valence-electron chi connectivity index (χ4n) is 7.36. The summed E-state index contributed by atoms with van der Waals surface area (Å²) >= 11 is 0. The first kappa shape index (κ1) is 65.1.